The summed E-state index contributed by atoms with van der Waals surface area (Å²) >= 11 is 1.56. The predicted molar refractivity (Wildman–Crippen MR) is 110 cm³/mol. The first-order chi connectivity index (χ1) is 13.9. The van der Waals surface area contributed by atoms with Gasteiger partial charge in [0, 0.05) is 17.9 Å². The van der Waals surface area contributed by atoms with Crippen molar-refractivity contribution in [3.63, 3.8) is 0 Å². The molecule has 6 heteroatoms. The molecular weight excluding hydrogens is 395 g/mol. The van der Waals surface area contributed by atoms with Gasteiger partial charge in [-0.3, -0.25) is 4.79 Å². The maximum atomic E-state index is 13.0. The Morgan fingerprint density at radius 1 is 0.862 bits per heavy atom. The van der Waals surface area contributed by atoms with Crippen LogP contribution in [0, 0.1) is 0 Å². The van der Waals surface area contributed by atoms with E-state index in [-0.39, 0.29) is 11.3 Å². The molecule has 1 atom stereocenters. The van der Waals surface area contributed by atoms with Crippen molar-refractivity contribution in [3.05, 3.63) is 95.6 Å². The fourth-order valence-corrected chi connectivity index (χ4v) is 4.65. The lowest BCUT2D eigenvalue weighted by molar-refractivity contribution is -0.137. The summed E-state index contributed by atoms with van der Waals surface area (Å²) in [5, 5.41) is -0.279. The average Bonchev–Trinajstić information content (AvgIpc) is 3.23. The smallest absolute Gasteiger partial charge is 0.322 e. The van der Waals surface area contributed by atoms with Crippen LogP contribution in [0.4, 0.5) is 13.2 Å². The van der Waals surface area contributed by atoms with Crippen molar-refractivity contribution in [2.75, 3.05) is 12.3 Å². The van der Waals surface area contributed by atoms with E-state index in [0.29, 0.717) is 17.7 Å². The molecule has 3 aromatic carbocycles. The van der Waals surface area contributed by atoms with Gasteiger partial charge < -0.3 is 4.90 Å². The quantitative estimate of drug-likeness (QED) is 0.505. The van der Waals surface area contributed by atoms with E-state index in [1.807, 2.05) is 42.5 Å². The first-order valence-electron chi connectivity index (χ1n) is 9.19. The molecule has 0 N–H and O–H groups in total. The van der Waals surface area contributed by atoms with E-state index in [2.05, 4.69) is 0 Å². The molecule has 148 valence electrons. The van der Waals surface area contributed by atoms with Crippen LogP contribution in [0.1, 0.15) is 26.9 Å². The summed E-state index contributed by atoms with van der Waals surface area (Å²) in [5.41, 5.74) is 2.69. The van der Waals surface area contributed by atoms with E-state index in [0.717, 1.165) is 29.0 Å². The Balaban J connectivity index is 1.53. The maximum Gasteiger partial charge on any atom is 0.416 e. The average molecular weight is 413 g/mol. The highest BCUT2D eigenvalue weighted by atomic mass is 32.2. The van der Waals surface area contributed by atoms with Crippen LogP contribution in [0.5, 0.6) is 0 Å². The third-order valence-electron chi connectivity index (χ3n) is 4.91. The van der Waals surface area contributed by atoms with Gasteiger partial charge in [-0.1, -0.05) is 54.6 Å². The highest BCUT2D eigenvalue weighted by Crippen LogP contribution is 2.40. The summed E-state index contributed by atoms with van der Waals surface area (Å²) in [7, 11) is 0. The largest absolute Gasteiger partial charge is 0.416 e. The zero-order valence-electron chi connectivity index (χ0n) is 15.4. The third kappa shape index (κ3) is 4.17. The number of halogens is 3. The summed E-state index contributed by atoms with van der Waals surface area (Å²) < 4.78 is 38.4. The molecule has 1 aliphatic heterocycles. The molecule has 1 amide bonds. The van der Waals surface area contributed by atoms with Gasteiger partial charge in [-0.25, -0.2) is 0 Å². The zero-order valence-corrected chi connectivity index (χ0v) is 16.2. The first-order valence-corrected chi connectivity index (χ1v) is 10.2. The van der Waals surface area contributed by atoms with Crippen LogP contribution in [0.25, 0.3) is 11.1 Å². The fraction of sp³-hybridized carbons (Fsp3) is 0.174. The summed E-state index contributed by atoms with van der Waals surface area (Å²) in [6, 6.07) is 22.4. The Hall–Kier alpha value is -2.73. The summed E-state index contributed by atoms with van der Waals surface area (Å²) in [6.07, 6.45) is -4.36. The molecule has 0 aromatic heterocycles. The van der Waals surface area contributed by atoms with E-state index >= 15 is 0 Å². The predicted octanol–water partition coefficient (Wildman–Crippen LogP) is 6.26. The van der Waals surface area contributed by atoms with Crippen LogP contribution in [-0.2, 0) is 6.18 Å². The van der Waals surface area contributed by atoms with E-state index < -0.39 is 11.7 Å². The van der Waals surface area contributed by atoms with Gasteiger partial charge in [-0.15, -0.1) is 11.8 Å². The molecule has 4 rings (SSSR count). The summed E-state index contributed by atoms with van der Waals surface area (Å²) in [6.45, 7) is 0.565. The molecule has 1 saturated heterocycles. The van der Waals surface area contributed by atoms with Gasteiger partial charge in [-0.05, 0) is 41.0 Å². The van der Waals surface area contributed by atoms with E-state index in [1.54, 1.807) is 28.8 Å². The van der Waals surface area contributed by atoms with Gasteiger partial charge in [-0.2, -0.15) is 13.2 Å². The number of amides is 1. The highest BCUT2D eigenvalue weighted by Gasteiger charge is 2.33. The zero-order chi connectivity index (χ0) is 20.4. The van der Waals surface area contributed by atoms with Gasteiger partial charge in [0.1, 0.15) is 5.37 Å². The second kappa shape index (κ2) is 7.95. The molecule has 1 unspecified atom stereocenters. The van der Waals surface area contributed by atoms with E-state index in [4.69, 9.17) is 0 Å². The van der Waals surface area contributed by atoms with Crippen LogP contribution < -0.4 is 0 Å². The molecule has 1 fully saturated rings. The minimum absolute atomic E-state index is 0.112. The van der Waals surface area contributed by atoms with Gasteiger partial charge in [0.25, 0.3) is 5.91 Å². The lowest BCUT2D eigenvalue weighted by atomic mass is 10.0. The molecule has 2 nitrogen and oxygen atoms in total. The fourth-order valence-electron chi connectivity index (χ4n) is 3.39. The molecular formula is C23H18F3NOS. The van der Waals surface area contributed by atoms with E-state index in [1.165, 1.54) is 12.1 Å². The molecule has 0 radical (unpaired) electrons. The standard InChI is InChI=1S/C23H18F3NOS/c24-23(25,26)20-12-10-19(11-13-20)22-27(14-15-29-22)21(28)18-8-6-17(7-9-18)16-4-2-1-3-5-16/h1-13,22H,14-15H2. The van der Waals surface area contributed by atoms with Crippen LogP contribution in [0.15, 0.2) is 78.9 Å². The van der Waals surface area contributed by atoms with Crippen LogP contribution >= 0.6 is 11.8 Å². The van der Waals surface area contributed by atoms with Crippen LogP contribution in [-0.4, -0.2) is 23.1 Å². The van der Waals surface area contributed by atoms with Crippen molar-refractivity contribution >= 4 is 17.7 Å². The number of alkyl halides is 3. The van der Waals surface area contributed by atoms with Gasteiger partial charge >= 0.3 is 6.18 Å². The van der Waals surface area contributed by atoms with Gasteiger partial charge in [0.15, 0.2) is 0 Å². The second-order valence-corrected chi connectivity index (χ2v) is 7.97. The lowest BCUT2D eigenvalue weighted by Crippen LogP contribution is -2.30. The van der Waals surface area contributed by atoms with Crippen LogP contribution in [0.2, 0.25) is 0 Å². The SMILES string of the molecule is O=C(c1ccc(-c2ccccc2)cc1)N1CCSC1c1ccc(C(F)(F)F)cc1. The summed E-state index contributed by atoms with van der Waals surface area (Å²) in [5.74, 6) is 0.638. The normalized spacial score (nSPS) is 16.8. The number of benzene rings is 3. The second-order valence-electron chi connectivity index (χ2n) is 6.78. The third-order valence-corrected chi connectivity index (χ3v) is 6.17. The number of hydrogen-bond donors (Lipinski definition) is 0. The van der Waals surface area contributed by atoms with Crippen molar-refractivity contribution in [1.29, 1.82) is 0 Å². The Morgan fingerprint density at radius 2 is 1.48 bits per heavy atom. The monoisotopic (exact) mass is 413 g/mol. The Morgan fingerprint density at radius 3 is 2.10 bits per heavy atom. The molecule has 0 saturated carbocycles. The number of rotatable bonds is 3. The highest BCUT2D eigenvalue weighted by molar-refractivity contribution is 7.99. The minimum Gasteiger partial charge on any atom is -0.322 e. The molecule has 1 heterocycles. The molecule has 1 aliphatic rings. The minimum atomic E-state index is -4.36. The van der Waals surface area contributed by atoms with Crippen molar-refractivity contribution in [1.82, 2.24) is 4.90 Å². The Labute approximate surface area is 171 Å². The first kappa shape index (κ1) is 19.6. The molecule has 29 heavy (non-hydrogen) atoms. The molecule has 3 aromatic rings. The van der Waals surface area contributed by atoms with E-state index in [9.17, 15) is 18.0 Å². The van der Waals surface area contributed by atoms with Gasteiger partial charge in [0.2, 0.25) is 0 Å². The van der Waals surface area contributed by atoms with Crippen molar-refractivity contribution < 1.29 is 18.0 Å². The molecule has 0 aliphatic carbocycles. The van der Waals surface area contributed by atoms with Gasteiger partial charge in [0.05, 0.1) is 5.56 Å². The lowest BCUT2D eigenvalue weighted by Gasteiger charge is -2.24. The number of carbonyl (C=O) groups is 1. The topological polar surface area (TPSA) is 20.3 Å². The maximum absolute atomic E-state index is 13.0. The number of thioether (sulfide) groups is 1. The molecule has 0 bridgehead atoms. The Kier molecular flexibility index (Phi) is 5.37. The number of hydrogen-bond acceptors (Lipinski definition) is 2. The number of nitrogens with zero attached hydrogens (tertiary/aromatic N) is 1. The van der Waals surface area contributed by atoms with Crippen molar-refractivity contribution in [3.8, 4) is 11.1 Å². The van der Waals surface area contributed by atoms with Crippen molar-refractivity contribution in [2.45, 2.75) is 11.6 Å². The summed E-state index contributed by atoms with van der Waals surface area (Å²) in [4.78, 5) is 14.8. The number of carbonyl (C=O) groups excluding carboxylic acids is 1. The van der Waals surface area contributed by atoms with Crippen molar-refractivity contribution in [2.24, 2.45) is 0 Å². The molecule has 0 spiro atoms. The van der Waals surface area contributed by atoms with Crippen LogP contribution in [0.3, 0.4) is 0 Å². The Bertz CT molecular complexity index is 985.